The number of halogens is 1. The third kappa shape index (κ3) is 3.88. The van der Waals surface area contributed by atoms with Crippen LogP contribution >= 0.6 is 0 Å². The van der Waals surface area contributed by atoms with Gasteiger partial charge in [0.05, 0.1) is 20.3 Å². The van der Waals surface area contributed by atoms with E-state index in [1.165, 1.54) is 13.2 Å². The molecule has 0 amide bonds. The fourth-order valence-corrected chi connectivity index (χ4v) is 2.39. The van der Waals surface area contributed by atoms with Gasteiger partial charge in [-0.2, -0.15) is 0 Å². The van der Waals surface area contributed by atoms with Crippen molar-refractivity contribution in [1.29, 1.82) is 0 Å². The predicted molar refractivity (Wildman–Crippen MR) is 84.7 cm³/mol. The molecule has 1 heterocycles. The second kappa shape index (κ2) is 6.96. The lowest BCUT2D eigenvalue weighted by Gasteiger charge is -2.39. The standard InChI is InChI=1S/C16H24FN3O2/c1-16(10-22-11-16)9-19-15(18-2)20(3)8-12-5-6-14(21-4)13(17)7-12/h5-7H,8-11H2,1-4H3,(H,18,19). The number of hydrogen-bond donors (Lipinski definition) is 1. The van der Waals surface area contributed by atoms with Gasteiger partial charge in [-0.25, -0.2) is 4.39 Å². The maximum absolute atomic E-state index is 13.7. The highest BCUT2D eigenvalue weighted by Gasteiger charge is 2.33. The molecule has 0 radical (unpaired) electrons. The van der Waals surface area contributed by atoms with Crippen LogP contribution in [0.25, 0.3) is 0 Å². The van der Waals surface area contributed by atoms with Crippen LogP contribution in [0, 0.1) is 11.2 Å². The summed E-state index contributed by atoms with van der Waals surface area (Å²) in [7, 11) is 5.13. The highest BCUT2D eigenvalue weighted by molar-refractivity contribution is 5.79. The molecule has 1 aromatic rings. The van der Waals surface area contributed by atoms with Crippen LogP contribution in [0.5, 0.6) is 5.75 Å². The largest absolute Gasteiger partial charge is 0.494 e. The molecule has 1 aromatic carbocycles. The Kier molecular flexibility index (Phi) is 5.24. The van der Waals surface area contributed by atoms with Crippen molar-refractivity contribution in [1.82, 2.24) is 10.2 Å². The van der Waals surface area contributed by atoms with Crippen molar-refractivity contribution in [2.75, 3.05) is 41.0 Å². The van der Waals surface area contributed by atoms with Crippen molar-refractivity contribution >= 4 is 5.96 Å². The van der Waals surface area contributed by atoms with Gasteiger partial charge >= 0.3 is 0 Å². The van der Waals surface area contributed by atoms with Gasteiger partial charge in [0.1, 0.15) is 0 Å². The minimum Gasteiger partial charge on any atom is -0.494 e. The van der Waals surface area contributed by atoms with Crippen LogP contribution in [0.4, 0.5) is 4.39 Å². The first-order valence-electron chi connectivity index (χ1n) is 7.29. The van der Waals surface area contributed by atoms with E-state index in [0.717, 1.165) is 31.3 Å². The smallest absolute Gasteiger partial charge is 0.193 e. The van der Waals surface area contributed by atoms with Gasteiger partial charge in [-0.15, -0.1) is 0 Å². The highest BCUT2D eigenvalue weighted by atomic mass is 19.1. The molecule has 122 valence electrons. The molecule has 0 spiro atoms. The molecule has 0 bridgehead atoms. The summed E-state index contributed by atoms with van der Waals surface area (Å²) in [5, 5.41) is 3.35. The maximum atomic E-state index is 13.7. The average Bonchev–Trinajstić information content (AvgIpc) is 2.46. The summed E-state index contributed by atoms with van der Waals surface area (Å²) in [4.78, 5) is 6.24. The Labute approximate surface area is 131 Å². The molecule has 6 heteroatoms. The van der Waals surface area contributed by atoms with E-state index in [2.05, 4.69) is 17.2 Å². The van der Waals surface area contributed by atoms with Crippen molar-refractivity contribution in [3.8, 4) is 5.75 Å². The van der Waals surface area contributed by atoms with E-state index in [9.17, 15) is 4.39 Å². The Morgan fingerprint density at radius 2 is 2.23 bits per heavy atom. The molecule has 0 aromatic heterocycles. The minimum absolute atomic E-state index is 0.170. The van der Waals surface area contributed by atoms with Crippen LogP contribution in [0.3, 0.4) is 0 Å². The second-order valence-electron chi connectivity index (χ2n) is 6.03. The molecule has 1 aliphatic heterocycles. The summed E-state index contributed by atoms with van der Waals surface area (Å²) in [6.07, 6.45) is 0. The van der Waals surface area contributed by atoms with Crippen molar-refractivity contribution in [3.05, 3.63) is 29.6 Å². The normalized spacial score (nSPS) is 16.9. The molecule has 0 unspecified atom stereocenters. The second-order valence-corrected chi connectivity index (χ2v) is 6.03. The predicted octanol–water partition coefficient (Wildman–Crippen LogP) is 1.88. The first-order valence-corrected chi connectivity index (χ1v) is 7.29. The lowest BCUT2D eigenvalue weighted by atomic mass is 9.89. The number of ether oxygens (including phenoxy) is 2. The van der Waals surface area contributed by atoms with Gasteiger partial charge in [-0.1, -0.05) is 13.0 Å². The zero-order valence-electron chi connectivity index (χ0n) is 13.6. The zero-order valence-corrected chi connectivity index (χ0v) is 13.6. The Morgan fingerprint density at radius 1 is 1.50 bits per heavy atom. The molecular formula is C16H24FN3O2. The fraction of sp³-hybridized carbons (Fsp3) is 0.562. The van der Waals surface area contributed by atoms with Gasteiger partial charge in [0.25, 0.3) is 0 Å². The number of rotatable bonds is 5. The first-order chi connectivity index (χ1) is 10.5. The highest BCUT2D eigenvalue weighted by Crippen LogP contribution is 2.25. The van der Waals surface area contributed by atoms with Crippen molar-refractivity contribution < 1.29 is 13.9 Å². The molecular weight excluding hydrogens is 285 g/mol. The van der Waals surface area contributed by atoms with Crippen molar-refractivity contribution in [3.63, 3.8) is 0 Å². The summed E-state index contributed by atoms with van der Waals surface area (Å²) in [6.45, 7) is 5.08. The number of benzene rings is 1. The molecule has 2 rings (SSSR count). The maximum Gasteiger partial charge on any atom is 0.193 e. The minimum atomic E-state index is -0.351. The lowest BCUT2D eigenvalue weighted by Crippen LogP contribution is -2.51. The third-order valence-electron chi connectivity index (χ3n) is 3.78. The molecule has 5 nitrogen and oxygen atoms in total. The molecule has 0 aliphatic carbocycles. The van der Waals surface area contributed by atoms with Crippen LogP contribution < -0.4 is 10.1 Å². The summed E-state index contributed by atoms with van der Waals surface area (Å²) in [5.74, 6) is 0.687. The monoisotopic (exact) mass is 309 g/mol. The number of methoxy groups -OCH3 is 1. The van der Waals surface area contributed by atoms with Crippen molar-refractivity contribution in [2.24, 2.45) is 10.4 Å². The van der Waals surface area contributed by atoms with Gasteiger partial charge in [0, 0.05) is 32.6 Å². The van der Waals surface area contributed by atoms with E-state index < -0.39 is 0 Å². The van der Waals surface area contributed by atoms with Gasteiger partial charge in [0.2, 0.25) is 0 Å². The molecule has 1 aliphatic rings. The fourth-order valence-electron chi connectivity index (χ4n) is 2.39. The third-order valence-corrected chi connectivity index (χ3v) is 3.78. The number of nitrogens with one attached hydrogen (secondary N) is 1. The molecule has 0 saturated carbocycles. The first kappa shape index (κ1) is 16.5. The topological polar surface area (TPSA) is 46.1 Å². The number of hydrogen-bond acceptors (Lipinski definition) is 3. The van der Waals surface area contributed by atoms with E-state index in [1.54, 1.807) is 13.1 Å². The lowest BCUT2D eigenvalue weighted by molar-refractivity contribution is -0.0972. The van der Waals surface area contributed by atoms with Gasteiger partial charge in [-0.05, 0) is 17.7 Å². The SMILES string of the molecule is CN=C(NCC1(C)COC1)N(C)Cc1ccc(OC)c(F)c1. The van der Waals surface area contributed by atoms with Crippen molar-refractivity contribution in [2.45, 2.75) is 13.5 Å². The van der Waals surface area contributed by atoms with E-state index >= 15 is 0 Å². The molecule has 1 fully saturated rings. The van der Waals surface area contributed by atoms with Gasteiger partial charge < -0.3 is 19.7 Å². The summed E-state index contributed by atoms with van der Waals surface area (Å²) in [6, 6.07) is 4.98. The van der Waals surface area contributed by atoms with E-state index in [4.69, 9.17) is 9.47 Å². The Morgan fingerprint density at radius 3 is 2.73 bits per heavy atom. The number of guanidine groups is 1. The Hall–Kier alpha value is -1.82. The molecule has 1 N–H and O–H groups in total. The van der Waals surface area contributed by atoms with E-state index in [1.807, 2.05) is 18.0 Å². The number of aliphatic imine (C=N–C) groups is 1. The van der Waals surface area contributed by atoms with E-state index in [-0.39, 0.29) is 17.0 Å². The zero-order chi connectivity index (χ0) is 16.2. The Bertz CT molecular complexity index is 544. The molecule has 22 heavy (non-hydrogen) atoms. The van der Waals surface area contributed by atoms with Crippen LogP contribution in [-0.2, 0) is 11.3 Å². The number of nitrogens with zero attached hydrogens (tertiary/aromatic N) is 2. The van der Waals surface area contributed by atoms with Gasteiger partial charge in [-0.3, -0.25) is 4.99 Å². The average molecular weight is 309 g/mol. The Balaban J connectivity index is 1.94. The van der Waals surface area contributed by atoms with Crippen LogP contribution in [0.2, 0.25) is 0 Å². The van der Waals surface area contributed by atoms with Gasteiger partial charge in [0.15, 0.2) is 17.5 Å². The van der Waals surface area contributed by atoms with Crippen LogP contribution in [0.1, 0.15) is 12.5 Å². The summed E-state index contributed by atoms with van der Waals surface area (Å²) >= 11 is 0. The van der Waals surface area contributed by atoms with Crippen LogP contribution in [0.15, 0.2) is 23.2 Å². The quantitative estimate of drug-likeness (QED) is 0.666. The van der Waals surface area contributed by atoms with Crippen LogP contribution in [-0.4, -0.2) is 51.8 Å². The molecule has 0 atom stereocenters. The summed E-state index contributed by atoms with van der Waals surface area (Å²) < 4.78 is 23.9. The van der Waals surface area contributed by atoms with E-state index in [0.29, 0.717) is 6.54 Å². The molecule has 1 saturated heterocycles. The summed E-state index contributed by atoms with van der Waals surface area (Å²) in [5.41, 5.74) is 1.03.